The molecule has 3 aromatic rings. The van der Waals surface area contributed by atoms with Crippen LogP contribution in [0.4, 0.5) is 0 Å². The lowest BCUT2D eigenvalue weighted by Crippen LogP contribution is -2.45. The summed E-state index contributed by atoms with van der Waals surface area (Å²) in [4.78, 5) is 31.9. The van der Waals surface area contributed by atoms with Crippen LogP contribution in [0.5, 0.6) is 5.75 Å². The first-order chi connectivity index (χ1) is 17.9. The second-order valence-electron chi connectivity index (χ2n) is 9.41. The zero-order valence-electron chi connectivity index (χ0n) is 20.6. The minimum absolute atomic E-state index is 0.0136. The molecule has 1 aromatic carbocycles. The van der Waals surface area contributed by atoms with E-state index in [0.29, 0.717) is 37.0 Å². The fraction of sp³-hybridized carbons (Fsp3) is 0.370. The second kappa shape index (κ2) is 11.3. The predicted molar refractivity (Wildman–Crippen MR) is 150 cm³/mol. The number of nitrogens with zero attached hydrogens (tertiary/aromatic N) is 3. The molecule has 0 bridgehead atoms. The number of thiophene rings is 2. The summed E-state index contributed by atoms with van der Waals surface area (Å²) < 4.78 is 0. The molecule has 37 heavy (non-hydrogen) atoms. The van der Waals surface area contributed by atoms with Crippen LogP contribution in [-0.2, 0) is 0 Å². The van der Waals surface area contributed by atoms with Crippen LogP contribution in [0.1, 0.15) is 57.5 Å². The Hall–Kier alpha value is -2.72. The normalized spacial score (nSPS) is 17.4. The summed E-state index contributed by atoms with van der Waals surface area (Å²) in [6.45, 7) is 5.59. The molecule has 0 aliphatic carbocycles. The van der Waals surface area contributed by atoms with Gasteiger partial charge in [0.1, 0.15) is 5.75 Å². The number of rotatable bonds is 6. The highest BCUT2D eigenvalue weighted by Crippen LogP contribution is 2.39. The molecule has 194 valence electrons. The first kappa shape index (κ1) is 25.9. The van der Waals surface area contributed by atoms with Crippen molar-refractivity contribution in [2.75, 3.05) is 26.2 Å². The molecule has 0 radical (unpaired) electrons. The maximum Gasteiger partial charge on any atom is 0.281 e. The van der Waals surface area contributed by atoms with Gasteiger partial charge in [-0.15, -0.1) is 22.7 Å². The number of aromatic hydroxyl groups is 1. The first-order valence-electron chi connectivity index (χ1n) is 12.5. The zero-order valence-corrected chi connectivity index (χ0v) is 23.0. The topological polar surface area (TPSA) is 85.2 Å². The molecule has 0 saturated carbocycles. The Morgan fingerprint density at radius 2 is 1.81 bits per heavy atom. The molecule has 10 heteroatoms. The number of hydrogen-bond donors (Lipinski definition) is 2. The van der Waals surface area contributed by atoms with E-state index in [2.05, 4.69) is 15.4 Å². The van der Waals surface area contributed by atoms with E-state index >= 15 is 0 Å². The number of piperidine rings is 1. The Kier molecular flexibility index (Phi) is 7.95. The van der Waals surface area contributed by atoms with Gasteiger partial charge in [-0.2, -0.15) is 5.10 Å². The van der Waals surface area contributed by atoms with Gasteiger partial charge in [0.25, 0.3) is 11.8 Å². The molecule has 4 heterocycles. The third kappa shape index (κ3) is 5.75. The SMILES string of the molecule is CC(=NNC(=O)c1ccc(C(=O)N2CCC(N3CCCC3)CC2)s1)c1csc(-c2cccc(Cl)c2)c1O. The number of halogens is 1. The fourth-order valence-corrected chi connectivity index (χ4v) is 7.02. The quantitative estimate of drug-likeness (QED) is 0.302. The monoisotopic (exact) mass is 556 g/mol. The highest BCUT2D eigenvalue weighted by atomic mass is 35.5. The van der Waals surface area contributed by atoms with Crippen molar-refractivity contribution in [3.8, 4) is 16.2 Å². The lowest BCUT2D eigenvalue weighted by molar-refractivity contribution is 0.0649. The Morgan fingerprint density at radius 1 is 1.08 bits per heavy atom. The van der Waals surface area contributed by atoms with Crippen LogP contribution in [0.15, 0.2) is 46.9 Å². The third-order valence-electron chi connectivity index (χ3n) is 7.02. The van der Waals surface area contributed by atoms with Gasteiger partial charge in [-0.3, -0.25) is 9.59 Å². The van der Waals surface area contributed by atoms with Crippen molar-refractivity contribution >= 4 is 51.8 Å². The minimum Gasteiger partial charge on any atom is -0.506 e. The van der Waals surface area contributed by atoms with Crippen LogP contribution in [-0.4, -0.2) is 64.7 Å². The summed E-state index contributed by atoms with van der Waals surface area (Å²) in [6.07, 6.45) is 4.57. The van der Waals surface area contributed by atoms with Crippen molar-refractivity contribution in [1.82, 2.24) is 15.2 Å². The zero-order chi connectivity index (χ0) is 25.9. The number of hydrogen-bond acceptors (Lipinski definition) is 7. The van der Waals surface area contributed by atoms with Gasteiger partial charge in [-0.1, -0.05) is 23.7 Å². The molecule has 2 saturated heterocycles. The van der Waals surface area contributed by atoms with Crippen LogP contribution in [0.25, 0.3) is 10.4 Å². The molecule has 7 nitrogen and oxygen atoms in total. The predicted octanol–water partition coefficient (Wildman–Crippen LogP) is 5.69. The van der Waals surface area contributed by atoms with Crippen molar-refractivity contribution in [1.29, 1.82) is 0 Å². The van der Waals surface area contributed by atoms with E-state index in [1.54, 1.807) is 36.6 Å². The average Bonchev–Trinajstić information content (AvgIpc) is 3.68. The Morgan fingerprint density at radius 3 is 2.54 bits per heavy atom. The van der Waals surface area contributed by atoms with Crippen LogP contribution >= 0.6 is 34.3 Å². The molecular weight excluding hydrogens is 528 g/mol. The van der Waals surface area contributed by atoms with Gasteiger partial charge in [0.15, 0.2) is 0 Å². The van der Waals surface area contributed by atoms with Gasteiger partial charge in [0.2, 0.25) is 0 Å². The maximum atomic E-state index is 13.0. The summed E-state index contributed by atoms with van der Waals surface area (Å²) in [5.41, 5.74) is 4.38. The van der Waals surface area contributed by atoms with Gasteiger partial charge in [-0.25, -0.2) is 5.43 Å². The molecule has 2 aliphatic heterocycles. The number of hydrazone groups is 1. The number of carbonyl (C=O) groups is 2. The van der Waals surface area contributed by atoms with E-state index in [-0.39, 0.29) is 17.6 Å². The smallest absolute Gasteiger partial charge is 0.281 e. The molecule has 2 N–H and O–H groups in total. The average molecular weight is 557 g/mol. The number of carbonyl (C=O) groups excluding carboxylic acids is 2. The van der Waals surface area contributed by atoms with Crippen molar-refractivity contribution in [2.45, 2.75) is 38.6 Å². The molecule has 5 rings (SSSR count). The fourth-order valence-electron chi connectivity index (χ4n) is 4.96. The Labute approximate surface area is 229 Å². The Bertz CT molecular complexity index is 1320. The second-order valence-corrected chi connectivity index (χ2v) is 11.8. The Balaban J connectivity index is 1.19. The number of benzene rings is 1. The molecular formula is C27H29ClN4O3S2. The van der Waals surface area contributed by atoms with Crippen molar-refractivity contribution in [2.24, 2.45) is 5.10 Å². The van der Waals surface area contributed by atoms with Crippen LogP contribution in [0.3, 0.4) is 0 Å². The van der Waals surface area contributed by atoms with Gasteiger partial charge >= 0.3 is 0 Å². The third-order valence-corrected chi connectivity index (χ3v) is 9.34. The van der Waals surface area contributed by atoms with Crippen molar-refractivity contribution in [3.63, 3.8) is 0 Å². The number of amides is 2. The standard InChI is InChI=1S/C27H29ClN4O3S2/c1-17(21-16-36-25(24(21)33)18-5-4-6-19(28)15-18)29-30-26(34)22-7-8-23(37-22)27(35)32-13-9-20(10-14-32)31-11-2-3-12-31/h4-8,15-16,20,33H,2-3,9-14H2,1H3,(H,30,34). The van der Waals surface area contributed by atoms with Gasteiger partial charge in [-0.05, 0) is 75.5 Å². The highest BCUT2D eigenvalue weighted by Gasteiger charge is 2.29. The first-order valence-corrected chi connectivity index (χ1v) is 14.5. The van der Waals surface area contributed by atoms with Gasteiger partial charge in [0.05, 0.1) is 25.9 Å². The van der Waals surface area contributed by atoms with Crippen molar-refractivity contribution in [3.05, 3.63) is 62.1 Å². The number of likely N-dealkylation sites (tertiary alicyclic amines) is 2. The maximum absolute atomic E-state index is 13.0. The minimum atomic E-state index is -0.388. The molecule has 0 atom stereocenters. The van der Waals surface area contributed by atoms with E-state index in [0.717, 1.165) is 31.5 Å². The van der Waals surface area contributed by atoms with E-state index in [9.17, 15) is 14.7 Å². The van der Waals surface area contributed by atoms with E-state index in [1.165, 1.54) is 48.6 Å². The highest BCUT2D eigenvalue weighted by molar-refractivity contribution is 7.16. The van der Waals surface area contributed by atoms with E-state index < -0.39 is 0 Å². The van der Waals surface area contributed by atoms with E-state index in [1.807, 2.05) is 17.0 Å². The van der Waals surface area contributed by atoms with E-state index in [4.69, 9.17) is 11.6 Å². The molecule has 2 aliphatic rings. The van der Waals surface area contributed by atoms with Gasteiger partial charge < -0.3 is 14.9 Å². The van der Waals surface area contributed by atoms with Gasteiger partial charge in [0, 0.05) is 29.5 Å². The lowest BCUT2D eigenvalue weighted by atomic mass is 10.0. The summed E-state index contributed by atoms with van der Waals surface area (Å²) in [6, 6.07) is 11.2. The summed E-state index contributed by atoms with van der Waals surface area (Å²) in [5, 5.41) is 17.3. The summed E-state index contributed by atoms with van der Waals surface area (Å²) in [7, 11) is 0. The lowest BCUT2D eigenvalue weighted by Gasteiger charge is -2.36. The summed E-state index contributed by atoms with van der Waals surface area (Å²) in [5.74, 6) is -0.304. The molecule has 0 unspecified atom stereocenters. The molecule has 2 fully saturated rings. The van der Waals surface area contributed by atoms with Crippen LogP contribution in [0, 0.1) is 0 Å². The van der Waals surface area contributed by atoms with Crippen LogP contribution < -0.4 is 5.43 Å². The summed E-state index contributed by atoms with van der Waals surface area (Å²) >= 11 is 8.64. The molecule has 0 spiro atoms. The number of nitrogens with one attached hydrogen (secondary N) is 1. The van der Waals surface area contributed by atoms with Crippen molar-refractivity contribution < 1.29 is 14.7 Å². The van der Waals surface area contributed by atoms with Crippen LogP contribution in [0.2, 0.25) is 5.02 Å². The molecule has 2 aromatic heterocycles. The largest absolute Gasteiger partial charge is 0.506 e. The molecule has 2 amide bonds.